The van der Waals surface area contributed by atoms with Crippen molar-refractivity contribution in [3.63, 3.8) is 0 Å². The summed E-state index contributed by atoms with van der Waals surface area (Å²) < 4.78 is 0. The van der Waals surface area contributed by atoms with Gasteiger partial charge in [0.1, 0.15) is 11.2 Å². The molecule has 0 radical (unpaired) electrons. The van der Waals surface area contributed by atoms with E-state index in [4.69, 9.17) is 0 Å². The van der Waals surface area contributed by atoms with Gasteiger partial charge in [-0.3, -0.25) is 14.5 Å². The van der Waals surface area contributed by atoms with E-state index in [0.717, 1.165) is 11.3 Å². The standard InChI is InChI=1S/C21H17N3O2/c1-21-12-15-8-5-6-10-17(15)24(21)19(25)18(23(2)20(21)26)11-14-7-3-4-9-16(14)13-22/h3-11H,12H2,1-2H3/b18-11-. The molecule has 0 aromatic heterocycles. The van der Waals surface area contributed by atoms with Crippen molar-refractivity contribution in [3.8, 4) is 6.07 Å². The Labute approximate surface area is 151 Å². The molecule has 1 atom stereocenters. The minimum Gasteiger partial charge on any atom is -0.309 e. The van der Waals surface area contributed by atoms with E-state index in [-0.39, 0.29) is 17.5 Å². The van der Waals surface area contributed by atoms with Gasteiger partial charge in [0.15, 0.2) is 0 Å². The smallest absolute Gasteiger partial charge is 0.275 e. The Morgan fingerprint density at radius 2 is 1.81 bits per heavy atom. The van der Waals surface area contributed by atoms with Crippen LogP contribution < -0.4 is 4.90 Å². The molecule has 26 heavy (non-hydrogen) atoms. The number of carbonyl (C=O) groups excluding carboxylic acids is 2. The van der Waals surface area contributed by atoms with E-state index in [1.165, 1.54) is 4.90 Å². The lowest BCUT2D eigenvalue weighted by atomic mass is 9.91. The first-order valence-electron chi connectivity index (χ1n) is 8.39. The molecule has 2 aromatic rings. The summed E-state index contributed by atoms with van der Waals surface area (Å²) in [6.07, 6.45) is 2.12. The van der Waals surface area contributed by atoms with Gasteiger partial charge in [0.2, 0.25) is 0 Å². The number of rotatable bonds is 1. The summed E-state index contributed by atoms with van der Waals surface area (Å²) in [5.41, 5.74) is 2.20. The Morgan fingerprint density at radius 1 is 1.12 bits per heavy atom. The highest BCUT2D eigenvalue weighted by atomic mass is 16.2. The van der Waals surface area contributed by atoms with Crippen molar-refractivity contribution in [1.82, 2.24) is 4.90 Å². The minimum atomic E-state index is -0.915. The zero-order valence-electron chi connectivity index (χ0n) is 14.6. The molecule has 0 spiro atoms. The van der Waals surface area contributed by atoms with Crippen LogP contribution in [0, 0.1) is 11.3 Å². The number of hydrogen-bond donors (Lipinski definition) is 0. The number of hydrogen-bond acceptors (Lipinski definition) is 3. The van der Waals surface area contributed by atoms with E-state index < -0.39 is 5.54 Å². The first-order chi connectivity index (χ1) is 12.5. The topological polar surface area (TPSA) is 64.4 Å². The van der Waals surface area contributed by atoms with Crippen LogP contribution in [0.1, 0.15) is 23.6 Å². The van der Waals surface area contributed by atoms with Crippen molar-refractivity contribution in [2.75, 3.05) is 11.9 Å². The predicted molar refractivity (Wildman–Crippen MR) is 97.9 cm³/mol. The maximum Gasteiger partial charge on any atom is 0.275 e. The normalized spacial score (nSPS) is 23.0. The van der Waals surface area contributed by atoms with Gasteiger partial charge in [0.25, 0.3) is 11.8 Å². The van der Waals surface area contributed by atoms with Crippen LogP contribution in [-0.4, -0.2) is 29.3 Å². The minimum absolute atomic E-state index is 0.131. The van der Waals surface area contributed by atoms with Crippen LogP contribution in [0.15, 0.2) is 54.2 Å². The van der Waals surface area contributed by atoms with Gasteiger partial charge in [-0.25, -0.2) is 0 Å². The molecule has 2 aliphatic heterocycles. The van der Waals surface area contributed by atoms with Crippen LogP contribution in [0.25, 0.3) is 6.08 Å². The van der Waals surface area contributed by atoms with Gasteiger partial charge in [-0.05, 0) is 36.3 Å². The highest BCUT2D eigenvalue weighted by molar-refractivity contribution is 6.20. The van der Waals surface area contributed by atoms with Gasteiger partial charge in [0.05, 0.1) is 11.6 Å². The predicted octanol–water partition coefficient (Wildman–Crippen LogP) is 2.72. The van der Waals surface area contributed by atoms with Gasteiger partial charge in [0, 0.05) is 19.2 Å². The number of benzene rings is 2. The molecule has 5 heteroatoms. The number of fused-ring (bicyclic) bond motifs is 3. The molecule has 2 aliphatic rings. The number of amides is 2. The van der Waals surface area contributed by atoms with Crippen molar-refractivity contribution >= 4 is 23.6 Å². The number of carbonyl (C=O) groups is 2. The number of piperazine rings is 1. The van der Waals surface area contributed by atoms with Crippen molar-refractivity contribution in [2.24, 2.45) is 0 Å². The van der Waals surface area contributed by atoms with Crippen LogP contribution in [0.4, 0.5) is 5.69 Å². The quantitative estimate of drug-likeness (QED) is 0.748. The van der Waals surface area contributed by atoms with Crippen LogP contribution in [0.3, 0.4) is 0 Å². The number of nitrogens with zero attached hydrogens (tertiary/aromatic N) is 3. The van der Waals surface area contributed by atoms with Crippen LogP contribution >= 0.6 is 0 Å². The van der Waals surface area contributed by atoms with Gasteiger partial charge < -0.3 is 4.90 Å². The van der Waals surface area contributed by atoms with E-state index in [1.54, 1.807) is 42.3 Å². The Bertz CT molecular complexity index is 1020. The molecule has 5 nitrogen and oxygen atoms in total. The first kappa shape index (κ1) is 16.1. The largest absolute Gasteiger partial charge is 0.309 e. The van der Waals surface area contributed by atoms with Crippen LogP contribution in [-0.2, 0) is 16.0 Å². The summed E-state index contributed by atoms with van der Waals surface area (Å²) in [5.74, 6) is -0.360. The Kier molecular flexibility index (Phi) is 3.45. The number of nitriles is 1. The second-order valence-electron chi connectivity index (χ2n) is 6.81. The molecule has 2 amide bonds. The van der Waals surface area contributed by atoms with Gasteiger partial charge >= 0.3 is 0 Å². The molecular weight excluding hydrogens is 326 g/mol. The summed E-state index contributed by atoms with van der Waals surface area (Å²) in [7, 11) is 1.62. The summed E-state index contributed by atoms with van der Waals surface area (Å²) in [6, 6.07) is 16.8. The average Bonchev–Trinajstić information content (AvgIpc) is 2.97. The molecule has 0 bridgehead atoms. The van der Waals surface area contributed by atoms with Gasteiger partial charge in [-0.15, -0.1) is 0 Å². The van der Waals surface area contributed by atoms with E-state index in [9.17, 15) is 14.9 Å². The highest BCUT2D eigenvalue weighted by Gasteiger charge is 2.55. The van der Waals surface area contributed by atoms with Crippen molar-refractivity contribution in [2.45, 2.75) is 18.9 Å². The summed E-state index contributed by atoms with van der Waals surface area (Å²) in [6.45, 7) is 1.81. The number of para-hydroxylation sites is 1. The third kappa shape index (κ3) is 2.09. The lowest BCUT2D eigenvalue weighted by Gasteiger charge is -2.43. The third-order valence-corrected chi connectivity index (χ3v) is 5.18. The first-order valence-corrected chi connectivity index (χ1v) is 8.39. The zero-order chi connectivity index (χ0) is 18.5. The fraction of sp³-hybridized carbons (Fsp3) is 0.190. The third-order valence-electron chi connectivity index (χ3n) is 5.18. The lowest BCUT2D eigenvalue weighted by molar-refractivity contribution is -0.140. The number of likely N-dealkylation sites (N-methyl/N-ethyl adjacent to an activating group) is 1. The Hall–Kier alpha value is -3.39. The van der Waals surface area contributed by atoms with Gasteiger partial charge in [-0.1, -0.05) is 36.4 Å². The van der Waals surface area contributed by atoms with E-state index in [2.05, 4.69) is 6.07 Å². The number of anilines is 1. The molecule has 0 N–H and O–H groups in total. The van der Waals surface area contributed by atoms with Crippen molar-refractivity contribution < 1.29 is 9.59 Å². The van der Waals surface area contributed by atoms with Crippen LogP contribution in [0.2, 0.25) is 0 Å². The molecule has 0 aliphatic carbocycles. The monoisotopic (exact) mass is 343 g/mol. The Morgan fingerprint density at radius 3 is 2.58 bits per heavy atom. The maximum atomic E-state index is 13.3. The molecule has 1 fully saturated rings. The van der Waals surface area contributed by atoms with E-state index >= 15 is 0 Å². The summed E-state index contributed by atoms with van der Waals surface area (Å²) in [5, 5.41) is 9.30. The molecule has 0 saturated carbocycles. The fourth-order valence-electron chi connectivity index (χ4n) is 3.86. The molecule has 1 unspecified atom stereocenters. The molecule has 1 saturated heterocycles. The second kappa shape index (κ2) is 5.57. The SMILES string of the molecule is CN1C(=O)C2(C)Cc3ccccc3N2C(=O)/C1=C/c1ccccc1C#N. The zero-order valence-corrected chi connectivity index (χ0v) is 14.6. The fourth-order valence-corrected chi connectivity index (χ4v) is 3.86. The molecule has 128 valence electrons. The van der Waals surface area contributed by atoms with Crippen molar-refractivity contribution in [1.29, 1.82) is 5.26 Å². The molecule has 4 rings (SSSR count). The van der Waals surface area contributed by atoms with Gasteiger partial charge in [-0.2, -0.15) is 5.26 Å². The van der Waals surface area contributed by atoms with Crippen LogP contribution in [0.5, 0.6) is 0 Å². The highest BCUT2D eigenvalue weighted by Crippen LogP contribution is 2.43. The lowest BCUT2D eigenvalue weighted by Crippen LogP contribution is -2.64. The summed E-state index contributed by atoms with van der Waals surface area (Å²) >= 11 is 0. The summed E-state index contributed by atoms with van der Waals surface area (Å²) in [4.78, 5) is 29.5. The van der Waals surface area contributed by atoms with Crippen molar-refractivity contribution in [3.05, 3.63) is 70.9 Å². The van der Waals surface area contributed by atoms with E-state index in [1.807, 2.05) is 31.2 Å². The molecular formula is C21H17N3O2. The van der Waals surface area contributed by atoms with E-state index in [0.29, 0.717) is 17.5 Å². The Balaban J connectivity index is 1.87. The average molecular weight is 343 g/mol. The molecule has 2 aromatic carbocycles. The second-order valence-corrected chi connectivity index (χ2v) is 6.81. The maximum absolute atomic E-state index is 13.3. The molecule has 2 heterocycles.